The van der Waals surface area contributed by atoms with Crippen LogP contribution >= 0.6 is 11.8 Å². The zero-order valence-corrected chi connectivity index (χ0v) is 15.0. The molecule has 0 unspecified atom stereocenters. The molecule has 0 atom stereocenters. The highest BCUT2D eigenvalue weighted by Gasteiger charge is 2.26. The molecule has 3 nitrogen and oxygen atoms in total. The highest BCUT2D eigenvalue weighted by atomic mass is 32.2. The summed E-state index contributed by atoms with van der Waals surface area (Å²) in [5, 5.41) is 8.17. The van der Waals surface area contributed by atoms with Crippen LogP contribution in [0.1, 0.15) is 49.4 Å². The number of aryl methyl sites for hydroxylation is 2. The van der Waals surface area contributed by atoms with Crippen LogP contribution in [0.15, 0.2) is 35.2 Å². The van der Waals surface area contributed by atoms with Crippen molar-refractivity contribution >= 4 is 17.4 Å². The SMILES string of the molecule is CSc1cccc(NCCCCCc2cc(C3CC3)nn2C)c1. The lowest BCUT2D eigenvalue weighted by Gasteiger charge is -2.07. The Hall–Kier alpha value is -1.42. The molecule has 0 radical (unpaired) electrons. The summed E-state index contributed by atoms with van der Waals surface area (Å²) in [5.41, 5.74) is 3.95. The number of benzene rings is 1. The summed E-state index contributed by atoms with van der Waals surface area (Å²) < 4.78 is 2.08. The second kappa shape index (κ2) is 7.91. The van der Waals surface area contributed by atoms with Gasteiger partial charge in [0.25, 0.3) is 0 Å². The summed E-state index contributed by atoms with van der Waals surface area (Å²) in [6.07, 6.45) is 9.66. The molecule has 0 saturated heterocycles. The predicted molar refractivity (Wildman–Crippen MR) is 99.5 cm³/mol. The number of hydrogen-bond acceptors (Lipinski definition) is 3. The third kappa shape index (κ3) is 4.77. The molecule has 1 aromatic heterocycles. The lowest BCUT2D eigenvalue weighted by molar-refractivity contribution is 0.642. The first kappa shape index (κ1) is 16.4. The summed E-state index contributed by atoms with van der Waals surface area (Å²) in [6.45, 7) is 1.05. The monoisotopic (exact) mass is 329 g/mol. The minimum Gasteiger partial charge on any atom is -0.385 e. The van der Waals surface area contributed by atoms with Gasteiger partial charge in [0.05, 0.1) is 5.69 Å². The summed E-state index contributed by atoms with van der Waals surface area (Å²) in [6, 6.07) is 11.0. The largest absolute Gasteiger partial charge is 0.385 e. The van der Waals surface area contributed by atoms with Gasteiger partial charge in [-0.15, -0.1) is 11.8 Å². The minimum absolute atomic E-state index is 0.760. The third-order valence-corrected chi connectivity index (χ3v) is 5.23. The van der Waals surface area contributed by atoms with Gasteiger partial charge in [0.2, 0.25) is 0 Å². The molecule has 3 rings (SSSR count). The van der Waals surface area contributed by atoms with Crippen LogP contribution in [-0.4, -0.2) is 22.6 Å². The molecule has 0 aliphatic heterocycles. The molecule has 1 aromatic carbocycles. The summed E-state index contributed by atoms with van der Waals surface area (Å²) in [5.74, 6) is 0.760. The first-order chi connectivity index (χ1) is 11.3. The van der Waals surface area contributed by atoms with Crippen LogP contribution < -0.4 is 5.32 Å². The fourth-order valence-corrected chi connectivity index (χ4v) is 3.38. The highest BCUT2D eigenvalue weighted by Crippen LogP contribution is 2.39. The number of anilines is 1. The van der Waals surface area contributed by atoms with Gasteiger partial charge in [0.15, 0.2) is 0 Å². The number of nitrogens with one attached hydrogen (secondary N) is 1. The van der Waals surface area contributed by atoms with Crippen LogP contribution in [0.5, 0.6) is 0 Å². The van der Waals surface area contributed by atoms with Crippen molar-refractivity contribution in [3.63, 3.8) is 0 Å². The second-order valence-corrected chi connectivity index (χ2v) is 7.31. The fraction of sp³-hybridized carbons (Fsp3) is 0.526. The molecule has 23 heavy (non-hydrogen) atoms. The molecule has 1 saturated carbocycles. The Morgan fingerprint density at radius 2 is 2.09 bits per heavy atom. The van der Waals surface area contributed by atoms with Crippen LogP contribution in [0.2, 0.25) is 0 Å². The Bertz CT molecular complexity index is 631. The van der Waals surface area contributed by atoms with E-state index in [9.17, 15) is 0 Å². The molecule has 0 amide bonds. The normalized spacial score (nSPS) is 14.2. The van der Waals surface area contributed by atoms with Gasteiger partial charge < -0.3 is 5.32 Å². The Morgan fingerprint density at radius 1 is 1.22 bits per heavy atom. The molecular weight excluding hydrogens is 302 g/mol. The van der Waals surface area contributed by atoms with Crippen LogP contribution in [-0.2, 0) is 13.5 Å². The average molecular weight is 330 g/mol. The molecule has 1 heterocycles. The second-order valence-electron chi connectivity index (χ2n) is 6.43. The van der Waals surface area contributed by atoms with Gasteiger partial charge in [-0.25, -0.2) is 0 Å². The van der Waals surface area contributed by atoms with E-state index in [4.69, 9.17) is 0 Å². The van der Waals surface area contributed by atoms with Crippen LogP contribution in [0.4, 0.5) is 5.69 Å². The Kier molecular flexibility index (Phi) is 5.65. The van der Waals surface area contributed by atoms with Gasteiger partial charge in [-0.05, 0) is 62.6 Å². The minimum atomic E-state index is 0.760. The first-order valence-electron chi connectivity index (χ1n) is 8.67. The van der Waals surface area contributed by atoms with E-state index >= 15 is 0 Å². The quantitative estimate of drug-likeness (QED) is 0.527. The van der Waals surface area contributed by atoms with Gasteiger partial charge in [0.1, 0.15) is 0 Å². The molecule has 1 fully saturated rings. The van der Waals surface area contributed by atoms with E-state index in [1.54, 1.807) is 11.8 Å². The third-order valence-electron chi connectivity index (χ3n) is 4.50. The van der Waals surface area contributed by atoms with E-state index in [1.807, 2.05) is 0 Å². The summed E-state index contributed by atoms with van der Waals surface area (Å²) in [7, 11) is 2.08. The van der Waals surface area contributed by atoms with Crippen molar-refractivity contribution in [1.82, 2.24) is 9.78 Å². The van der Waals surface area contributed by atoms with Gasteiger partial charge in [0, 0.05) is 35.8 Å². The van der Waals surface area contributed by atoms with Gasteiger partial charge >= 0.3 is 0 Å². The van der Waals surface area contributed by atoms with Crippen LogP contribution in [0.3, 0.4) is 0 Å². The van der Waals surface area contributed by atoms with E-state index in [1.165, 1.54) is 54.1 Å². The lowest BCUT2D eigenvalue weighted by Crippen LogP contribution is -2.02. The zero-order chi connectivity index (χ0) is 16.1. The van der Waals surface area contributed by atoms with E-state index < -0.39 is 0 Å². The maximum atomic E-state index is 4.65. The molecular formula is C19H27N3S. The molecule has 0 spiro atoms. The Balaban J connectivity index is 1.33. The Morgan fingerprint density at radius 3 is 2.87 bits per heavy atom. The van der Waals surface area contributed by atoms with Crippen molar-refractivity contribution in [1.29, 1.82) is 0 Å². The molecule has 2 aromatic rings. The van der Waals surface area contributed by atoms with Gasteiger partial charge in [-0.3, -0.25) is 4.68 Å². The van der Waals surface area contributed by atoms with Crippen molar-refractivity contribution < 1.29 is 0 Å². The lowest BCUT2D eigenvalue weighted by atomic mass is 10.1. The highest BCUT2D eigenvalue weighted by molar-refractivity contribution is 7.98. The molecule has 1 N–H and O–H groups in total. The van der Waals surface area contributed by atoms with Crippen LogP contribution in [0.25, 0.3) is 0 Å². The van der Waals surface area contributed by atoms with Crippen molar-refractivity contribution in [2.75, 3.05) is 18.1 Å². The number of aromatic nitrogens is 2. The zero-order valence-electron chi connectivity index (χ0n) is 14.2. The maximum absolute atomic E-state index is 4.65. The van der Waals surface area contributed by atoms with Crippen molar-refractivity contribution in [3.05, 3.63) is 41.7 Å². The van der Waals surface area contributed by atoms with E-state index in [2.05, 4.69) is 58.7 Å². The van der Waals surface area contributed by atoms with E-state index in [0.717, 1.165) is 18.9 Å². The molecule has 1 aliphatic carbocycles. The molecule has 4 heteroatoms. The number of rotatable bonds is 9. The standard InChI is InChI=1S/C19H27N3S/c1-22-17(14-19(21-22)15-10-11-15)8-4-3-5-12-20-16-7-6-9-18(13-16)23-2/h6-7,9,13-15,20H,3-5,8,10-12H2,1-2H3. The number of hydrogen-bond donors (Lipinski definition) is 1. The van der Waals surface area contributed by atoms with E-state index in [0.29, 0.717) is 0 Å². The van der Waals surface area contributed by atoms with Crippen molar-refractivity contribution in [2.24, 2.45) is 7.05 Å². The number of thioether (sulfide) groups is 1. The van der Waals surface area contributed by atoms with E-state index in [-0.39, 0.29) is 0 Å². The summed E-state index contributed by atoms with van der Waals surface area (Å²) >= 11 is 1.79. The van der Waals surface area contributed by atoms with Crippen molar-refractivity contribution in [2.45, 2.75) is 49.3 Å². The van der Waals surface area contributed by atoms with Crippen molar-refractivity contribution in [3.8, 4) is 0 Å². The topological polar surface area (TPSA) is 29.9 Å². The first-order valence-corrected chi connectivity index (χ1v) is 9.89. The average Bonchev–Trinajstić information content (AvgIpc) is 3.35. The smallest absolute Gasteiger partial charge is 0.0658 e. The predicted octanol–water partition coefficient (Wildman–Crippen LogP) is 4.84. The Labute approximate surface area is 143 Å². The summed E-state index contributed by atoms with van der Waals surface area (Å²) in [4.78, 5) is 1.32. The number of unbranched alkanes of at least 4 members (excludes halogenated alkanes) is 2. The number of nitrogens with zero attached hydrogens (tertiary/aromatic N) is 2. The molecule has 124 valence electrons. The molecule has 1 aliphatic rings. The van der Waals surface area contributed by atoms with Gasteiger partial charge in [-0.2, -0.15) is 5.10 Å². The fourth-order valence-electron chi connectivity index (χ4n) is 2.92. The maximum Gasteiger partial charge on any atom is 0.0658 e. The molecule has 0 bridgehead atoms. The van der Waals surface area contributed by atoms with Crippen LogP contribution in [0, 0.1) is 0 Å². The van der Waals surface area contributed by atoms with Gasteiger partial charge in [-0.1, -0.05) is 12.5 Å².